The summed E-state index contributed by atoms with van der Waals surface area (Å²) < 4.78 is 0. The summed E-state index contributed by atoms with van der Waals surface area (Å²) in [5, 5.41) is 3.42. The predicted molar refractivity (Wildman–Crippen MR) is 91.6 cm³/mol. The van der Waals surface area contributed by atoms with Crippen LogP contribution >= 0.6 is 0 Å². The number of aromatic nitrogens is 2. The molecule has 0 unspecified atom stereocenters. The summed E-state index contributed by atoms with van der Waals surface area (Å²) in [6.45, 7) is 11.0. The van der Waals surface area contributed by atoms with Gasteiger partial charge in [-0.25, -0.2) is 9.97 Å². The van der Waals surface area contributed by atoms with Crippen molar-refractivity contribution in [1.29, 1.82) is 0 Å². The number of hydrogen-bond acceptors (Lipinski definition) is 4. The summed E-state index contributed by atoms with van der Waals surface area (Å²) in [4.78, 5) is 12.3. The Labute approximate surface area is 134 Å². The molecule has 1 aliphatic heterocycles. The largest absolute Gasteiger partial charge is 0.366 e. The first-order chi connectivity index (χ1) is 10.6. The third-order valence-corrected chi connectivity index (χ3v) is 4.93. The van der Waals surface area contributed by atoms with E-state index in [0.29, 0.717) is 5.92 Å². The van der Waals surface area contributed by atoms with Crippen LogP contribution < -0.4 is 10.2 Å². The molecule has 0 spiro atoms. The fourth-order valence-electron chi connectivity index (χ4n) is 3.64. The molecule has 2 aliphatic rings. The molecule has 3 rings (SSSR count). The van der Waals surface area contributed by atoms with Crippen LogP contribution in [0.15, 0.2) is 6.20 Å². The Bertz CT molecular complexity index is 494. The zero-order valence-corrected chi connectivity index (χ0v) is 14.4. The summed E-state index contributed by atoms with van der Waals surface area (Å²) in [7, 11) is 0. The Hall–Kier alpha value is -1.16. The Balaban J connectivity index is 1.92. The van der Waals surface area contributed by atoms with E-state index in [-0.39, 0.29) is 5.41 Å². The first-order valence-electron chi connectivity index (χ1n) is 8.89. The van der Waals surface area contributed by atoms with Gasteiger partial charge in [0.05, 0.1) is 17.6 Å². The average molecular weight is 302 g/mol. The van der Waals surface area contributed by atoms with Gasteiger partial charge in [-0.2, -0.15) is 0 Å². The lowest BCUT2D eigenvalue weighted by Gasteiger charge is -2.34. The summed E-state index contributed by atoms with van der Waals surface area (Å²) >= 11 is 0. The van der Waals surface area contributed by atoms with Crippen LogP contribution in [0.5, 0.6) is 0 Å². The van der Waals surface area contributed by atoms with E-state index < -0.39 is 0 Å². The first kappa shape index (κ1) is 15.7. The van der Waals surface area contributed by atoms with Gasteiger partial charge in [0.1, 0.15) is 5.82 Å². The molecule has 2 fully saturated rings. The van der Waals surface area contributed by atoms with Gasteiger partial charge in [0.15, 0.2) is 0 Å². The number of nitrogens with one attached hydrogen (secondary N) is 1. The van der Waals surface area contributed by atoms with Crippen molar-refractivity contribution in [3.63, 3.8) is 0 Å². The van der Waals surface area contributed by atoms with Crippen molar-refractivity contribution in [3.8, 4) is 0 Å². The molecule has 0 bridgehead atoms. The molecule has 2 heterocycles. The maximum atomic E-state index is 5.07. The fourth-order valence-corrected chi connectivity index (χ4v) is 3.64. The van der Waals surface area contributed by atoms with Crippen LogP contribution in [0.4, 0.5) is 5.69 Å². The van der Waals surface area contributed by atoms with Crippen molar-refractivity contribution in [2.24, 2.45) is 0 Å². The molecule has 22 heavy (non-hydrogen) atoms. The van der Waals surface area contributed by atoms with Crippen LogP contribution in [-0.4, -0.2) is 36.1 Å². The van der Waals surface area contributed by atoms with E-state index in [1.165, 1.54) is 43.5 Å². The molecule has 1 aromatic rings. The van der Waals surface area contributed by atoms with Crippen LogP contribution in [0.1, 0.15) is 70.3 Å². The van der Waals surface area contributed by atoms with Crippen LogP contribution in [-0.2, 0) is 5.41 Å². The van der Waals surface area contributed by atoms with Crippen molar-refractivity contribution in [2.45, 2.75) is 64.2 Å². The van der Waals surface area contributed by atoms with E-state index in [0.717, 1.165) is 32.0 Å². The highest BCUT2D eigenvalue weighted by Crippen LogP contribution is 2.35. The molecular weight excluding hydrogens is 272 g/mol. The second kappa shape index (κ2) is 6.53. The lowest BCUT2D eigenvalue weighted by Crippen LogP contribution is -2.44. The van der Waals surface area contributed by atoms with Gasteiger partial charge in [0.25, 0.3) is 0 Å². The topological polar surface area (TPSA) is 41.1 Å². The number of hydrogen-bond donors (Lipinski definition) is 1. The van der Waals surface area contributed by atoms with Gasteiger partial charge >= 0.3 is 0 Å². The standard InChI is InChI=1S/C18H30N4/c1-18(2,3)16-15(22-11-9-19-10-12-22)13-20-17(21-16)14-7-5-4-6-8-14/h13-14,19H,4-12H2,1-3H3. The minimum atomic E-state index is 0.0621. The second-order valence-electron chi connectivity index (χ2n) is 7.78. The molecule has 0 amide bonds. The van der Waals surface area contributed by atoms with E-state index >= 15 is 0 Å². The van der Waals surface area contributed by atoms with Gasteiger partial charge in [0, 0.05) is 37.5 Å². The van der Waals surface area contributed by atoms with Crippen molar-refractivity contribution >= 4 is 5.69 Å². The van der Waals surface area contributed by atoms with Crippen molar-refractivity contribution in [1.82, 2.24) is 15.3 Å². The zero-order valence-electron chi connectivity index (χ0n) is 14.4. The highest BCUT2D eigenvalue weighted by molar-refractivity contribution is 5.52. The molecule has 1 aromatic heterocycles. The number of anilines is 1. The summed E-state index contributed by atoms with van der Waals surface area (Å²) in [6.07, 6.45) is 8.66. The van der Waals surface area contributed by atoms with E-state index in [4.69, 9.17) is 9.97 Å². The molecule has 0 atom stereocenters. The van der Waals surface area contributed by atoms with Crippen LogP contribution in [0, 0.1) is 0 Å². The minimum Gasteiger partial charge on any atom is -0.366 e. The highest BCUT2D eigenvalue weighted by Gasteiger charge is 2.27. The van der Waals surface area contributed by atoms with Gasteiger partial charge in [-0.15, -0.1) is 0 Å². The molecule has 0 aromatic carbocycles. The Morgan fingerprint density at radius 3 is 2.41 bits per heavy atom. The van der Waals surface area contributed by atoms with Crippen molar-refractivity contribution in [2.75, 3.05) is 31.1 Å². The maximum Gasteiger partial charge on any atom is 0.131 e. The molecule has 4 heteroatoms. The van der Waals surface area contributed by atoms with Crippen molar-refractivity contribution < 1.29 is 0 Å². The monoisotopic (exact) mass is 302 g/mol. The molecular formula is C18H30N4. The van der Waals surface area contributed by atoms with Crippen molar-refractivity contribution in [3.05, 3.63) is 17.7 Å². The van der Waals surface area contributed by atoms with Crippen LogP contribution in [0.3, 0.4) is 0 Å². The quantitative estimate of drug-likeness (QED) is 0.910. The van der Waals surface area contributed by atoms with Gasteiger partial charge in [-0.05, 0) is 12.8 Å². The number of nitrogens with zero attached hydrogens (tertiary/aromatic N) is 3. The summed E-state index contributed by atoms with van der Waals surface area (Å²) in [6, 6.07) is 0. The van der Waals surface area contributed by atoms with Crippen LogP contribution in [0.25, 0.3) is 0 Å². The van der Waals surface area contributed by atoms with E-state index in [2.05, 4.69) is 37.2 Å². The zero-order chi connectivity index (χ0) is 15.6. The molecule has 122 valence electrons. The van der Waals surface area contributed by atoms with Crippen LogP contribution in [0.2, 0.25) is 0 Å². The minimum absolute atomic E-state index is 0.0621. The fraction of sp³-hybridized carbons (Fsp3) is 0.778. The predicted octanol–water partition coefficient (Wildman–Crippen LogP) is 3.23. The lowest BCUT2D eigenvalue weighted by molar-refractivity contribution is 0.424. The third kappa shape index (κ3) is 3.43. The Morgan fingerprint density at radius 1 is 1.09 bits per heavy atom. The highest BCUT2D eigenvalue weighted by atomic mass is 15.2. The lowest BCUT2D eigenvalue weighted by atomic mass is 9.87. The molecule has 1 saturated carbocycles. The summed E-state index contributed by atoms with van der Waals surface area (Å²) in [5.41, 5.74) is 2.53. The molecule has 1 N–H and O–H groups in total. The smallest absolute Gasteiger partial charge is 0.131 e. The Morgan fingerprint density at radius 2 is 1.77 bits per heavy atom. The molecule has 1 saturated heterocycles. The van der Waals surface area contributed by atoms with Gasteiger partial charge in [0.2, 0.25) is 0 Å². The maximum absolute atomic E-state index is 5.07. The SMILES string of the molecule is CC(C)(C)c1nc(C2CCCCC2)ncc1N1CCNCC1. The first-order valence-corrected chi connectivity index (χ1v) is 8.89. The molecule has 1 aliphatic carbocycles. The molecule has 0 radical (unpaired) electrons. The third-order valence-electron chi connectivity index (χ3n) is 4.93. The normalized spacial score (nSPS) is 21.1. The van der Waals surface area contributed by atoms with E-state index in [9.17, 15) is 0 Å². The number of rotatable bonds is 2. The Kier molecular flexibility index (Phi) is 4.67. The van der Waals surface area contributed by atoms with Gasteiger partial charge in [-0.3, -0.25) is 0 Å². The van der Waals surface area contributed by atoms with Gasteiger partial charge in [-0.1, -0.05) is 40.0 Å². The van der Waals surface area contributed by atoms with E-state index in [1.807, 2.05) is 0 Å². The molecule has 4 nitrogen and oxygen atoms in total. The average Bonchev–Trinajstić information content (AvgIpc) is 2.55. The van der Waals surface area contributed by atoms with Gasteiger partial charge < -0.3 is 10.2 Å². The second-order valence-corrected chi connectivity index (χ2v) is 7.78. The number of piperazine rings is 1. The van der Waals surface area contributed by atoms with E-state index in [1.54, 1.807) is 0 Å². The summed E-state index contributed by atoms with van der Waals surface area (Å²) in [5.74, 6) is 1.66.